The molecule has 2 aliphatic rings. The van der Waals surface area contributed by atoms with E-state index in [9.17, 15) is 0 Å². The molecule has 0 spiro atoms. The van der Waals surface area contributed by atoms with Crippen molar-refractivity contribution in [3.05, 3.63) is 150 Å². The van der Waals surface area contributed by atoms with Crippen molar-refractivity contribution in [3.8, 4) is 33.4 Å². The fraction of sp³-hybridized carbons (Fsp3) is 0.111. The summed E-state index contributed by atoms with van der Waals surface area (Å²) in [7, 11) is 0. The maximum Gasteiger partial charge on any atom is 0.0361 e. The molecule has 0 nitrogen and oxygen atoms in total. The van der Waals surface area contributed by atoms with Gasteiger partial charge in [-0.1, -0.05) is 117 Å². The van der Waals surface area contributed by atoms with Crippen molar-refractivity contribution in [2.45, 2.75) is 32.1 Å². The zero-order valence-corrected chi connectivity index (χ0v) is 26.8. The maximum absolute atomic E-state index is 2.52. The predicted molar refractivity (Wildman–Crippen MR) is 200 cm³/mol. The van der Waals surface area contributed by atoms with Gasteiger partial charge >= 0.3 is 0 Å². The molecule has 8 aromatic rings. The molecular formula is C45H32S. The Morgan fingerprint density at radius 3 is 2.11 bits per heavy atom. The van der Waals surface area contributed by atoms with Gasteiger partial charge in [-0.2, -0.15) is 0 Å². The third-order valence-corrected chi connectivity index (χ3v) is 11.8. The number of benzene rings is 7. The first-order valence-electron chi connectivity index (χ1n) is 16.4. The van der Waals surface area contributed by atoms with Crippen LogP contribution >= 0.6 is 11.3 Å². The van der Waals surface area contributed by atoms with Crippen molar-refractivity contribution in [1.82, 2.24) is 0 Å². The van der Waals surface area contributed by atoms with E-state index in [1.54, 1.807) is 0 Å². The van der Waals surface area contributed by atoms with Gasteiger partial charge in [0.1, 0.15) is 0 Å². The smallest absolute Gasteiger partial charge is 0.0361 e. The van der Waals surface area contributed by atoms with E-state index in [2.05, 4.69) is 147 Å². The monoisotopic (exact) mass is 604 g/mol. The summed E-state index contributed by atoms with van der Waals surface area (Å²) in [6, 6.07) is 45.9. The molecule has 0 fully saturated rings. The number of hydrogen-bond donors (Lipinski definition) is 0. The van der Waals surface area contributed by atoms with E-state index >= 15 is 0 Å². The Morgan fingerprint density at radius 2 is 1.26 bits per heavy atom. The molecule has 0 unspecified atom stereocenters. The summed E-state index contributed by atoms with van der Waals surface area (Å²) in [4.78, 5) is 0. The van der Waals surface area contributed by atoms with Gasteiger partial charge < -0.3 is 0 Å². The molecule has 0 bridgehead atoms. The lowest BCUT2D eigenvalue weighted by molar-refractivity contribution is 0.661. The third-order valence-electron chi connectivity index (χ3n) is 10.7. The van der Waals surface area contributed by atoms with Gasteiger partial charge in [0.2, 0.25) is 0 Å². The van der Waals surface area contributed by atoms with Crippen LogP contribution < -0.4 is 0 Å². The van der Waals surface area contributed by atoms with E-state index in [-0.39, 0.29) is 5.41 Å². The highest BCUT2D eigenvalue weighted by Crippen LogP contribution is 2.53. The first-order chi connectivity index (χ1) is 22.6. The lowest BCUT2D eigenvalue weighted by Gasteiger charge is -2.26. The van der Waals surface area contributed by atoms with Crippen LogP contribution in [0.5, 0.6) is 0 Å². The van der Waals surface area contributed by atoms with Gasteiger partial charge in [0.25, 0.3) is 0 Å². The van der Waals surface area contributed by atoms with Gasteiger partial charge in [0.05, 0.1) is 0 Å². The molecule has 10 rings (SSSR count). The highest BCUT2D eigenvalue weighted by Gasteiger charge is 2.36. The standard InChI is InChI=1S/C45H32S/c1-45(2)38-26-29(22-23-30(38)37-24-27-12-3-4-13-28(27)25-39(37)45)42-31-14-5-7-16-33(31)43(34-17-8-6-15-32(34)42)36-19-11-21-41-44(36)35-18-9-10-20-40(35)46-41/h3-5,7-14,16-26H,6,15H2,1-2H3. The van der Waals surface area contributed by atoms with Crippen LogP contribution in [0.15, 0.2) is 127 Å². The van der Waals surface area contributed by atoms with Crippen LogP contribution in [-0.4, -0.2) is 0 Å². The van der Waals surface area contributed by atoms with Gasteiger partial charge in [-0.05, 0) is 120 Å². The summed E-state index contributed by atoms with van der Waals surface area (Å²) in [5.74, 6) is 0. The first kappa shape index (κ1) is 26.3. The Kier molecular flexibility index (Phi) is 5.43. The normalized spacial score (nSPS) is 14.7. The minimum Gasteiger partial charge on any atom is -0.135 e. The maximum atomic E-state index is 2.52. The van der Waals surface area contributed by atoms with Crippen molar-refractivity contribution in [3.63, 3.8) is 0 Å². The molecule has 1 heterocycles. The van der Waals surface area contributed by atoms with Gasteiger partial charge in [0, 0.05) is 25.6 Å². The Bertz CT molecular complexity index is 2610. The highest BCUT2D eigenvalue weighted by atomic mass is 32.1. The van der Waals surface area contributed by atoms with Crippen molar-refractivity contribution >= 4 is 59.1 Å². The minimum absolute atomic E-state index is 0.0733. The summed E-state index contributed by atoms with van der Waals surface area (Å²) < 4.78 is 2.71. The number of fused-ring (bicyclic) bond motifs is 9. The molecule has 7 aromatic carbocycles. The van der Waals surface area contributed by atoms with Gasteiger partial charge in [-0.3, -0.25) is 0 Å². The Hall–Kier alpha value is -4.98. The second-order valence-corrected chi connectivity index (χ2v) is 14.6. The van der Waals surface area contributed by atoms with Crippen LogP contribution in [0, 0.1) is 0 Å². The van der Waals surface area contributed by atoms with Crippen LogP contribution in [0.2, 0.25) is 0 Å². The van der Waals surface area contributed by atoms with Crippen molar-refractivity contribution in [2.75, 3.05) is 0 Å². The topological polar surface area (TPSA) is 0 Å². The molecule has 1 heteroatoms. The predicted octanol–water partition coefficient (Wildman–Crippen LogP) is 13.0. The number of thiophene rings is 1. The molecule has 0 aliphatic heterocycles. The molecule has 0 N–H and O–H groups in total. The summed E-state index contributed by atoms with van der Waals surface area (Å²) in [6.07, 6.45) is 6.91. The molecule has 0 saturated carbocycles. The number of rotatable bonds is 2. The SMILES string of the molecule is CC1(C)c2cc(-c3c4c(c(-c5cccc6sc7ccccc7c56)c5ccccc35)C=CCC4)ccc2-c2cc3ccccc3cc21. The van der Waals surface area contributed by atoms with Gasteiger partial charge in [-0.25, -0.2) is 0 Å². The lowest BCUT2D eigenvalue weighted by Crippen LogP contribution is -2.15. The van der Waals surface area contributed by atoms with Gasteiger partial charge in [0.15, 0.2) is 0 Å². The largest absolute Gasteiger partial charge is 0.135 e. The van der Waals surface area contributed by atoms with Crippen molar-refractivity contribution in [1.29, 1.82) is 0 Å². The highest BCUT2D eigenvalue weighted by molar-refractivity contribution is 7.25. The molecular weight excluding hydrogens is 573 g/mol. The zero-order chi connectivity index (χ0) is 30.6. The average molecular weight is 605 g/mol. The zero-order valence-electron chi connectivity index (χ0n) is 26.0. The average Bonchev–Trinajstić information content (AvgIpc) is 3.58. The van der Waals surface area contributed by atoms with E-state index in [4.69, 9.17) is 0 Å². The van der Waals surface area contributed by atoms with Crippen LogP contribution in [0.25, 0.3) is 81.2 Å². The molecule has 0 saturated heterocycles. The third kappa shape index (κ3) is 3.55. The molecule has 0 amide bonds. The fourth-order valence-electron chi connectivity index (χ4n) is 8.56. The van der Waals surface area contributed by atoms with E-state index in [0.717, 1.165) is 12.8 Å². The quantitative estimate of drug-likeness (QED) is 0.184. The lowest BCUT2D eigenvalue weighted by atomic mass is 9.78. The van der Waals surface area contributed by atoms with E-state index in [1.165, 1.54) is 97.4 Å². The number of hydrogen-bond acceptors (Lipinski definition) is 1. The van der Waals surface area contributed by atoms with E-state index in [0.29, 0.717) is 0 Å². The van der Waals surface area contributed by atoms with Crippen LogP contribution in [0.3, 0.4) is 0 Å². The summed E-state index contributed by atoms with van der Waals surface area (Å²) in [5.41, 5.74) is 13.9. The fourth-order valence-corrected chi connectivity index (χ4v) is 9.70. The Balaban J connectivity index is 1.25. The summed E-state index contributed by atoms with van der Waals surface area (Å²) in [5, 5.41) is 8.05. The molecule has 46 heavy (non-hydrogen) atoms. The molecule has 2 aliphatic carbocycles. The first-order valence-corrected chi connectivity index (χ1v) is 17.2. The van der Waals surface area contributed by atoms with E-state index in [1.807, 2.05) is 11.3 Å². The molecule has 218 valence electrons. The van der Waals surface area contributed by atoms with Crippen LogP contribution in [-0.2, 0) is 11.8 Å². The Labute approximate surface area is 273 Å². The summed E-state index contributed by atoms with van der Waals surface area (Å²) >= 11 is 1.90. The van der Waals surface area contributed by atoms with Crippen molar-refractivity contribution in [2.24, 2.45) is 0 Å². The van der Waals surface area contributed by atoms with Crippen LogP contribution in [0.4, 0.5) is 0 Å². The number of allylic oxidation sites excluding steroid dienone is 1. The van der Waals surface area contributed by atoms with Gasteiger partial charge in [-0.15, -0.1) is 11.3 Å². The van der Waals surface area contributed by atoms with E-state index < -0.39 is 0 Å². The molecule has 0 radical (unpaired) electrons. The second kappa shape index (κ2) is 9.52. The Morgan fingerprint density at radius 1 is 0.565 bits per heavy atom. The van der Waals surface area contributed by atoms with Crippen molar-refractivity contribution < 1.29 is 0 Å². The minimum atomic E-state index is -0.0733. The second-order valence-electron chi connectivity index (χ2n) is 13.5. The molecule has 1 aromatic heterocycles. The molecule has 0 atom stereocenters. The van der Waals surface area contributed by atoms with Crippen LogP contribution in [0.1, 0.15) is 42.5 Å². The summed E-state index contributed by atoms with van der Waals surface area (Å²) in [6.45, 7) is 4.81.